The Morgan fingerprint density at radius 1 is 0.974 bits per heavy atom. The summed E-state index contributed by atoms with van der Waals surface area (Å²) >= 11 is 0. The van der Waals surface area contributed by atoms with Crippen LogP contribution in [0, 0.1) is 6.92 Å². The van der Waals surface area contributed by atoms with Gasteiger partial charge >= 0.3 is 0 Å². The molecule has 8 heteroatoms. The molecule has 3 rings (SSSR count). The van der Waals surface area contributed by atoms with Gasteiger partial charge in [-0.3, -0.25) is 13.9 Å². The second kappa shape index (κ2) is 13.3. The minimum Gasteiger partial charge on any atom is -0.352 e. The zero-order valence-electron chi connectivity index (χ0n) is 23.4. The van der Waals surface area contributed by atoms with Crippen molar-refractivity contribution < 1.29 is 18.0 Å². The van der Waals surface area contributed by atoms with Crippen LogP contribution >= 0.6 is 0 Å². The first-order valence-electron chi connectivity index (χ1n) is 13.7. The van der Waals surface area contributed by atoms with Gasteiger partial charge in [0.05, 0.1) is 11.9 Å². The normalized spacial score (nSPS) is 15.2. The van der Waals surface area contributed by atoms with Crippen LogP contribution in [-0.4, -0.2) is 50.0 Å². The summed E-state index contributed by atoms with van der Waals surface area (Å²) in [6.07, 6.45) is 6.79. The maximum Gasteiger partial charge on any atom is 0.244 e. The van der Waals surface area contributed by atoms with Crippen molar-refractivity contribution in [2.45, 2.75) is 90.8 Å². The number of aryl methyl sites for hydroxylation is 1. The average Bonchev–Trinajstić information content (AvgIpc) is 2.88. The largest absolute Gasteiger partial charge is 0.352 e. The maximum atomic E-state index is 13.9. The van der Waals surface area contributed by atoms with Crippen LogP contribution in [0.25, 0.3) is 0 Å². The number of anilines is 1. The van der Waals surface area contributed by atoms with Crippen LogP contribution in [0.5, 0.6) is 0 Å². The number of hydrogen-bond acceptors (Lipinski definition) is 4. The van der Waals surface area contributed by atoms with Crippen molar-refractivity contribution in [1.29, 1.82) is 0 Å². The van der Waals surface area contributed by atoms with Crippen molar-refractivity contribution in [1.82, 2.24) is 10.2 Å². The van der Waals surface area contributed by atoms with Gasteiger partial charge in [-0.2, -0.15) is 0 Å². The lowest BCUT2D eigenvalue weighted by Gasteiger charge is -2.34. The number of sulfonamides is 1. The highest BCUT2D eigenvalue weighted by Gasteiger charge is 2.32. The molecule has 2 aromatic rings. The minimum absolute atomic E-state index is 0.119. The van der Waals surface area contributed by atoms with Gasteiger partial charge in [-0.1, -0.05) is 82.0 Å². The molecule has 1 N–H and O–H groups in total. The quantitative estimate of drug-likeness (QED) is 0.427. The molecule has 208 valence electrons. The SMILES string of the molecule is CC[C@@H](C(=O)NC1CCCCC1)N(Cc1ccc(C)cc1)C(=O)CN(c1ccc(C(C)C)cc1)S(C)(=O)=O. The Balaban J connectivity index is 1.90. The molecule has 1 saturated carbocycles. The Hall–Kier alpha value is -2.87. The van der Waals surface area contributed by atoms with Crippen molar-refractivity contribution in [3.05, 3.63) is 65.2 Å². The molecule has 0 heterocycles. The Bertz CT molecular complexity index is 1170. The lowest BCUT2D eigenvalue weighted by atomic mass is 9.95. The van der Waals surface area contributed by atoms with Crippen molar-refractivity contribution in [2.24, 2.45) is 0 Å². The highest BCUT2D eigenvalue weighted by molar-refractivity contribution is 7.92. The summed E-state index contributed by atoms with van der Waals surface area (Å²) in [4.78, 5) is 28.9. The highest BCUT2D eigenvalue weighted by atomic mass is 32.2. The van der Waals surface area contributed by atoms with E-state index in [-0.39, 0.29) is 25.0 Å². The average molecular weight is 542 g/mol. The summed E-state index contributed by atoms with van der Waals surface area (Å²) in [5.74, 6) is -0.281. The van der Waals surface area contributed by atoms with Gasteiger partial charge in [-0.05, 0) is 55.4 Å². The number of rotatable bonds is 11. The van der Waals surface area contributed by atoms with Gasteiger partial charge in [0.15, 0.2) is 0 Å². The van der Waals surface area contributed by atoms with Crippen molar-refractivity contribution in [2.75, 3.05) is 17.1 Å². The summed E-state index contributed by atoms with van der Waals surface area (Å²) < 4.78 is 26.8. The Kier molecular flexibility index (Phi) is 10.4. The lowest BCUT2D eigenvalue weighted by Crippen LogP contribution is -2.53. The fraction of sp³-hybridized carbons (Fsp3) is 0.533. The molecule has 0 bridgehead atoms. The standard InChI is InChI=1S/C30H43N3O4S/c1-6-28(30(35)31-26-10-8-7-9-11-26)32(20-24-14-12-23(4)13-15-24)29(34)21-33(38(5,36)37)27-18-16-25(17-19-27)22(2)3/h12-19,22,26,28H,6-11,20-21H2,1-5H3,(H,31,35)/t28-/m0/s1. The Morgan fingerprint density at radius 2 is 1.58 bits per heavy atom. The smallest absolute Gasteiger partial charge is 0.244 e. The van der Waals surface area contributed by atoms with E-state index in [2.05, 4.69) is 19.2 Å². The molecule has 0 unspecified atom stereocenters. The molecule has 1 aliphatic rings. The number of amides is 2. The number of nitrogens with zero attached hydrogens (tertiary/aromatic N) is 2. The van der Waals surface area contributed by atoms with E-state index in [1.54, 1.807) is 17.0 Å². The number of carbonyl (C=O) groups is 2. The second-order valence-electron chi connectivity index (χ2n) is 10.8. The fourth-order valence-electron chi connectivity index (χ4n) is 4.99. The van der Waals surface area contributed by atoms with Gasteiger partial charge in [0, 0.05) is 12.6 Å². The maximum absolute atomic E-state index is 13.9. The first-order chi connectivity index (χ1) is 18.0. The minimum atomic E-state index is -3.75. The van der Waals surface area contributed by atoms with Gasteiger partial charge in [-0.25, -0.2) is 8.42 Å². The Morgan fingerprint density at radius 3 is 2.11 bits per heavy atom. The molecular weight excluding hydrogens is 498 g/mol. The zero-order valence-corrected chi connectivity index (χ0v) is 24.3. The monoisotopic (exact) mass is 541 g/mol. The number of hydrogen-bond donors (Lipinski definition) is 1. The molecule has 7 nitrogen and oxygen atoms in total. The summed E-state index contributed by atoms with van der Waals surface area (Å²) in [5.41, 5.74) is 3.50. The van der Waals surface area contributed by atoms with Crippen molar-refractivity contribution >= 4 is 27.5 Å². The molecule has 1 fully saturated rings. The predicted octanol–water partition coefficient (Wildman–Crippen LogP) is 5.14. The van der Waals surface area contributed by atoms with Crippen LogP contribution in [0.2, 0.25) is 0 Å². The van der Waals surface area contributed by atoms with E-state index in [9.17, 15) is 18.0 Å². The predicted molar refractivity (Wildman–Crippen MR) is 154 cm³/mol. The van der Waals surface area contributed by atoms with E-state index in [1.165, 1.54) is 6.42 Å². The van der Waals surface area contributed by atoms with Crippen molar-refractivity contribution in [3.8, 4) is 0 Å². The van der Waals surface area contributed by atoms with Gasteiger partial charge in [-0.15, -0.1) is 0 Å². The van der Waals surface area contributed by atoms with Crippen LogP contribution in [0.3, 0.4) is 0 Å². The van der Waals surface area contributed by atoms with Crippen LogP contribution < -0.4 is 9.62 Å². The third kappa shape index (κ3) is 8.06. The molecule has 0 saturated heterocycles. The van der Waals surface area contributed by atoms with Gasteiger partial charge in [0.1, 0.15) is 12.6 Å². The van der Waals surface area contributed by atoms with E-state index in [1.807, 2.05) is 50.2 Å². The second-order valence-corrected chi connectivity index (χ2v) is 12.7. The third-order valence-corrected chi connectivity index (χ3v) is 8.48. The molecule has 1 atom stereocenters. The summed E-state index contributed by atoms with van der Waals surface area (Å²) in [6, 6.07) is 14.5. The van der Waals surface area contributed by atoms with Gasteiger partial charge in [0.25, 0.3) is 0 Å². The van der Waals surface area contributed by atoms with Crippen LogP contribution in [-0.2, 0) is 26.2 Å². The third-order valence-electron chi connectivity index (χ3n) is 7.34. The van der Waals surface area contributed by atoms with Gasteiger partial charge in [0.2, 0.25) is 21.8 Å². The molecule has 2 aromatic carbocycles. The topological polar surface area (TPSA) is 86.8 Å². The summed E-state index contributed by atoms with van der Waals surface area (Å²) in [7, 11) is -3.75. The summed E-state index contributed by atoms with van der Waals surface area (Å²) in [6.45, 7) is 7.86. The lowest BCUT2D eigenvalue weighted by molar-refractivity contribution is -0.140. The molecule has 2 amide bonds. The first kappa shape index (κ1) is 29.7. The van der Waals surface area contributed by atoms with Crippen LogP contribution in [0.1, 0.15) is 81.9 Å². The fourth-order valence-corrected chi connectivity index (χ4v) is 5.84. The number of carbonyl (C=O) groups excluding carboxylic acids is 2. The molecule has 0 spiro atoms. The highest BCUT2D eigenvalue weighted by Crippen LogP contribution is 2.24. The van der Waals surface area contributed by atoms with E-state index in [4.69, 9.17) is 0 Å². The van der Waals surface area contributed by atoms with E-state index in [0.717, 1.165) is 52.9 Å². The molecular formula is C30H43N3O4S. The molecule has 0 radical (unpaired) electrons. The summed E-state index contributed by atoms with van der Waals surface area (Å²) in [5, 5.41) is 3.17. The Labute approximate surface area is 228 Å². The molecule has 0 aromatic heterocycles. The molecule has 1 aliphatic carbocycles. The first-order valence-corrected chi connectivity index (χ1v) is 15.6. The van der Waals surface area contributed by atoms with Crippen molar-refractivity contribution in [3.63, 3.8) is 0 Å². The zero-order chi connectivity index (χ0) is 27.9. The van der Waals surface area contributed by atoms with E-state index >= 15 is 0 Å². The molecule has 38 heavy (non-hydrogen) atoms. The van der Waals surface area contributed by atoms with Crippen LogP contribution in [0.15, 0.2) is 48.5 Å². The number of benzene rings is 2. The van der Waals surface area contributed by atoms with Gasteiger partial charge < -0.3 is 10.2 Å². The van der Waals surface area contributed by atoms with E-state index in [0.29, 0.717) is 18.0 Å². The number of nitrogens with one attached hydrogen (secondary N) is 1. The molecule has 0 aliphatic heterocycles. The van der Waals surface area contributed by atoms with Crippen LogP contribution in [0.4, 0.5) is 5.69 Å². The van der Waals surface area contributed by atoms with E-state index < -0.39 is 22.0 Å².